The van der Waals surface area contributed by atoms with Gasteiger partial charge in [-0.25, -0.2) is 0 Å². The summed E-state index contributed by atoms with van der Waals surface area (Å²) in [4.78, 5) is 6.12. The Morgan fingerprint density at radius 2 is 1.69 bits per heavy atom. The van der Waals surface area contributed by atoms with Crippen molar-refractivity contribution in [3.05, 3.63) is 83.9 Å². The second-order valence-corrected chi connectivity index (χ2v) is 7.15. The second-order valence-electron chi connectivity index (χ2n) is 6.27. The second kappa shape index (κ2) is 7.26. The molecule has 0 aromatic heterocycles. The van der Waals surface area contributed by atoms with E-state index in [1.165, 1.54) is 10.5 Å². The SMILES string of the molecule is CSc1ccc(C2CC(c3ccccc3O)=Nc3ccccc3N2)cc1. The minimum absolute atomic E-state index is 0.0907. The minimum atomic E-state index is 0.0907. The van der Waals surface area contributed by atoms with Gasteiger partial charge in [0, 0.05) is 16.9 Å². The maximum absolute atomic E-state index is 10.3. The first-order valence-electron chi connectivity index (χ1n) is 8.60. The van der Waals surface area contributed by atoms with Crippen molar-refractivity contribution in [2.45, 2.75) is 17.4 Å². The number of fused-ring (bicyclic) bond motifs is 1. The molecule has 0 bridgehead atoms. The fourth-order valence-corrected chi connectivity index (χ4v) is 3.65. The molecule has 2 N–H and O–H groups in total. The third kappa shape index (κ3) is 3.33. The monoisotopic (exact) mass is 360 g/mol. The van der Waals surface area contributed by atoms with Gasteiger partial charge in [0.25, 0.3) is 0 Å². The van der Waals surface area contributed by atoms with E-state index in [0.29, 0.717) is 6.42 Å². The number of hydrogen-bond acceptors (Lipinski definition) is 4. The number of thioether (sulfide) groups is 1. The smallest absolute Gasteiger partial charge is 0.124 e. The molecule has 1 unspecified atom stereocenters. The fraction of sp³-hybridized carbons (Fsp3) is 0.136. The number of anilines is 1. The quantitative estimate of drug-likeness (QED) is 0.581. The number of nitrogens with zero attached hydrogens (tertiary/aromatic N) is 1. The van der Waals surface area contributed by atoms with Crippen molar-refractivity contribution in [1.82, 2.24) is 0 Å². The largest absolute Gasteiger partial charge is 0.507 e. The first-order valence-corrected chi connectivity index (χ1v) is 9.82. The van der Waals surface area contributed by atoms with E-state index in [-0.39, 0.29) is 11.8 Å². The van der Waals surface area contributed by atoms with Gasteiger partial charge in [0.05, 0.1) is 23.1 Å². The highest BCUT2D eigenvalue weighted by Gasteiger charge is 2.22. The van der Waals surface area contributed by atoms with Gasteiger partial charge in [-0.1, -0.05) is 36.4 Å². The summed E-state index contributed by atoms with van der Waals surface area (Å²) in [6.45, 7) is 0. The number of para-hydroxylation sites is 3. The molecule has 3 aromatic rings. The molecule has 0 radical (unpaired) electrons. The molecular formula is C22H20N2OS. The molecule has 0 saturated carbocycles. The summed E-state index contributed by atoms with van der Waals surface area (Å²) in [5, 5.41) is 14.0. The zero-order valence-corrected chi connectivity index (χ0v) is 15.3. The lowest BCUT2D eigenvalue weighted by Gasteiger charge is -2.20. The van der Waals surface area contributed by atoms with Gasteiger partial charge in [-0.3, -0.25) is 4.99 Å². The third-order valence-corrected chi connectivity index (χ3v) is 5.36. The van der Waals surface area contributed by atoms with Crippen molar-refractivity contribution in [3.8, 4) is 5.75 Å². The molecule has 1 aliphatic heterocycles. The number of aliphatic imine (C=N–C) groups is 1. The first kappa shape index (κ1) is 16.7. The van der Waals surface area contributed by atoms with Crippen LogP contribution in [0.25, 0.3) is 0 Å². The van der Waals surface area contributed by atoms with Gasteiger partial charge in [-0.2, -0.15) is 0 Å². The Morgan fingerprint density at radius 1 is 0.962 bits per heavy atom. The molecule has 0 aliphatic carbocycles. The molecule has 0 saturated heterocycles. The molecule has 1 atom stereocenters. The van der Waals surface area contributed by atoms with Crippen molar-refractivity contribution in [2.24, 2.45) is 4.99 Å². The van der Waals surface area contributed by atoms with E-state index >= 15 is 0 Å². The Kier molecular flexibility index (Phi) is 4.67. The molecular weight excluding hydrogens is 340 g/mol. The van der Waals surface area contributed by atoms with Crippen molar-refractivity contribution < 1.29 is 5.11 Å². The van der Waals surface area contributed by atoms with E-state index in [1.807, 2.05) is 36.4 Å². The highest BCUT2D eigenvalue weighted by molar-refractivity contribution is 7.98. The molecule has 0 fully saturated rings. The van der Waals surface area contributed by atoms with E-state index in [0.717, 1.165) is 22.6 Å². The van der Waals surface area contributed by atoms with Crippen LogP contribution in [0, 0.1) is 0 Å². The Balaban J connectivity index is 1.78. The van der Waals surface area contributed by atoms with Gasteiger partial charge in [0.1, 0.15) is 5.75 Å². The van der Waals surface area contributed by atoms with Crippen LogP contribution in [0.1, 0.15) is 23.6 Å². The summed E-state index contributed by atoms with van der Waals surface area (Å²) < 4.78 is 0. The van der Waals surface area contributed by atoms with Gasteiger partial charge >= 0.3 is 0 Å². The van der Waals surface area contributed by atoms with Crippen LogP contribution >= 0.6 is 11.8 Å². The van der Waals surface area contributed by atoms with Crippen LogP contribution in [0.2, 0.25) is 0 Å². The van der Waals surface area contributed by atoms with Crippen LogP contribution in [-0.4, -0.2) is 17.1 Å². The lowest BCUT2D eigenvalue weighted by molar-refractivity contribution is 0.474. The van der Waals surface area contributed by atoms with Gasteiger partial charge < -0.3 is 10.4 Å². The van der Waals surface area contributed by atoms with E-state index in [9.17, 15) is 5.11 Å². The number of phenols is 1. The van der Waals surface area contributed by atoms with Crippen LogP contribution in [0.4, 0.5) is 11.4 Å². The number of hydrogen-bond donors (Lipinski definition) is 2. The molecule has 0 amide bonds. The number of nitrogens with one attached hydrogen (secondary N) is 1. The van der Waals surface area contributed by atoms with E-state index in [1.54, 1.807) is 17.8 Å². The van der Waals surface area contributed by atoms with E-state index in [2.05, 4.69) is 41.9 Å². The number of phenolic OH excluding ortho intramolecular Hbond substituents is 1. The number of benzene rings is 3. The predicted molar refractivity (Wildman–Crippen MR) is 110 cm³/mol. The molecule has 3 nitrogen and oxygen atoms in total. The molecule has 1 heterocycles. The summed E-state index contributed by atoms with van der Waals surface area (Å²) >= 11 is 1.74. The summed E-state index contributed by atoms with van der Waals surface area (Å²) in [7, 11) is 0. The van der Waals surface area contributed by atoms with Crippen LogP contribution in [0.15, 0.2) is 82.7 Å². The maximum atomic E-state index is 10.3. The van der Waals surface area contributed by atoms with Crippen LogP contribution in [-0.2, 0) is 0 Å². The van der Waals surface area contributed by atoms with Gasteiger partial charge in [0.15, 0.2) is 0 Å². The molecule has 0 spiro atoms. The van der Waals surface area contributed by atoms with Gasteiger partial charge in [-0.05, 0) is 48.2 Å². The van der Waals surface area contributed by atoms with Crippen molar-refractivity contribution >= 4 is 28.8 Å². The van der Waals surface area contributed by atoms with Crippen molar-refractivity contribution in [2.75, 3.05) is 11.6 Å². The Hall–Kier alpha value is -2.72. The van der Waals surface area contributed by atoms with Gasteiger partial charge in [-0.15, -0.1) is 11.8 Å². The standard InChI is InChI=1S/C22H20N2OS/c1-26-16-12-10-15(11-13-16)20-14-21(17-6-2-5-9-22(17)25)24-19-8-4-3-7-18(19)23-20/h2-13,20,23,25H,14H2,1H3. The van der Waals surface area contributed by atoms with Crippen LogP contribution in [0.5, 0.6) is 5.75 Å². The molecule has 3 aromatic carbocycles. The Bertz CT molecular complexity index is 950. The molecule has 1 aliphatic rings. The zero-order chi connectivity index (χ0) is 17.9. The fourth-order valence-electron chi connectivity index (χ4n) is 3.24. The summed E-state index contributed by atoms with van der Waals surface area (Å²) in [6, 6.07) is 24.2. The number of rotatable bonds is 3. The summed E-state index contributed by atoms with van der Waals surface area (Å²) in [5.74, 6) is 0.266. The predicted octanol–water partition coefficient (Wildman–Crippen LogP) is 5.79. The lowest BCUT2D eigenvalue weighted by Crippen LogP contribution is -2.14. The zero-order valence-electron chi connectivity index (χ0n) is 14.5. The third-order valence-electron chi connectivity index (χ3n) is 4.62. The van der Waals surface area contributed by atoms with E-state index < -0.39 is 0 Å². The Morgan fingerprint density at radius 3 is 2.46 bits per heavy atom. The van der Waals surface area contributed by atoms with E-state index in [4.69, 9.17) is 4.99 Å². The average Bonchev–Trinajstić information content (AvgIpc) is 2.88. The normalized spacial score (nSPS) is 16.2. The van der Waals surface area contributed by atoms with Crippen molar-refractivity contribution in [3.63, 3.8) is 0 Å². The maximum Gasteiger partial charge on any atom is 0.124 e. The molecule has 4 heteroatoms. The topological polar surface area (TPSA) is 44.6 Å². The summed E-state index contributed by atoms with van der Waals surface area (Å²) in [6.07, 6.45) is 2.78. The minimum Gasteiger partial charge on any atom is -0.507 e. The Labute approximate surface area is 157 Å². The molecule has 26 heavy (non-hydrogen) atoms. The highest BCUT2D eigenvalue weighted by atomic mass is 32.2. The number of aromatic hydroxyl groups is 1. The first-order chi connectivity index (χ1) is 12.7. The highest BCUT2D eigenvalue weighted by Crippen LogP contribution is 2.36. The molecule has 130 valence electrons. The molecule has 4 rings (SSSR count). The lowest BCUT2D eigenvalue weighted by atomic mass is 9.97. The van der Waals surface area contributed by atoms with Crippen LogP contribution < -0.4 is 5.32 Å². The average molecular weight is 360 g/mol. The summed E-state index contributed by atoms with van der Waals surface area (Å²) in [5.41, 5.74) is 4.80. The van der Waals surface area contributed by atoms with Gasteiger partial charge in [0.2, 0.25) is 0 Å². The van der Waals surface area contributed by atoms with Crippen molar-refractivity contribution in [1.29, 1.82) is 0 Å². The van der Waals surface area contributed by atoms with Crippen LogP contribution in [0.3, 0.4) is 0 Å².